The Kier molecular flexibility index (Phi) is 3.98. The van der Waals surface area contributed by atoms with Crippen LogP contribution in [0.3, 0.4) is 0 Å². The molecule has 0 aliphatic heterocycles. The molecule has 1 aromatic carbocycles. The van der Waals surface area contributed by atoms with Gasteiger partial charge in [-0.05, 0) is 40.2 Å². The van der Waals surface area contributed by atoms with Gasteiger partial charge in [0, 0.05) is 15.1 Å². The van der Waals surface area contributed by atoms with Gasteiger partial charge in [0.1, 0.15) is 11.5 Å². The van der Waals surface area contributed by atoms with Crippen molar-refractivity contribution in [1.82, 2.24) is 4.98 Å². The van der Waals surface area contributed by atoms with Crippen LogP contribution in [0.25, 0.3) is 0 Å². The van der Waals surface area contributed by atoms with Gasteiger partial charge in [-0.3, -0.25) is 4.98 Å². The molecular formula is C12H7Br2NO3. The summed E-state index contributed by atoms with van der Waals surface area (Å²) in [5, 5.41) is 8.95. The van der Waals surface area contributed by atoms with E-state index >= 15 is 0 Å². The van der Waals surface area contributed by atoms with E-state index in [9.17, 15) is 4.79 Å². The minimum Gasteiger partial charge on any atom is -0.478 e. The second-order valence-electron chi connectivity index (χ2n) is 3.42. The first kappa shape index (κ1) is 13.0. The Balaban J connectivity index is 2.31. The second-order valence-corrected chi connectivity index (χ2v) is 5.25. The van der Waals surface area contributed by atoms with Crippen molar-refractivity contribution in [2.24, 2.45) is 0 Å². The minimum atomic E-state index is -1.01. The van der Waals surface area contributed by atoms with Crippen LogP contribution < -0.4 is 4.74 Å². The summed E-state index contributed by atoms with van der Waals surface area (Å²) in [6, 6.07) is 6.39. The van der Waals surface area contributed by atoms with Crippen molar-refractivity contribution in [3.8, 4) is 11.5 Å². The Morgan fingerprint density at radius 2 is 1.78 bits per heavy atom. The summed E-state index contributed by atoms with van der Waals surface area (Å²) in [6.45, 7) is 0. The summed E-state index contributed by atoms with van der Waals surface area (Å²) in [5.74, 6) is -0.0472. The Morgan fingerprint density at radius 1 is 1.06 bits per heavy atom. The van der Waals surface area contributed by atoms with E-state index < -0.39 is 5.97 Å². The highest BCUT2D eigenvalue weighted by Crippen LogP contribution is 2.27. The first-order chi connectivity index (χ1) is 8.54. The van der Waals surface area contributed by atoms with Crippen LogP contribution in [0.1, 0.15) is 10.4 Å². The number of hydrogen-bond donors (Lipinski definition) is 1. The van der Waals surface area contributed by atoms with Crippen LogP contribution in [0.4, 0.5) is 0 Å². The lowest BCUT2D eigenvalue weighted by Gasteiger charge is -2.07. The molecule has 0 aliphatic rings. The molecule has 1 heterocycles. The van der Waals surface area contributed by atoms with E-state index in [-0.39, 0.29) is 5.56 Å². The van der Waals surface area contributed by atoms with Gasteiger partial charge in [0.2, 0.25) is 0 Å². The topological polar surface area (TPSA) is 59.4 Å². The third-order valence-corrected chi connectivity index (χ3v) is 2.93. The largest absolute Gasteiger partial charge is 0.478 e. The van der Waals surface area contributed by atoms with Crippen LogP contribution in [-0.4, -0.2) is 16.1 Å². The number of rotatable bonds is 3. The summed E-state index contributed by atoms with van der Waals surface area (Å²) in [7, 11) is 0. The average molecular weight is 373 g/mol. The van der Waals surface area contributed by atoms with Gasteiger partial charge in [-0.2, -0.15) is 0 Å². The molecule has 0 amide bonds. The predicted octanol–water partition coefficient (Wildman–Crippen LogP) is 4.10. The van der Waals surface area contributed by atoms with Gasteiger partial charge in [-0.25, -0.2) is 4.79 Å². The van der Waals surface area contributed by atoms with Gasteiger partial charge < -0.3 is 9.84 Å². The fourth-order valence-electron chi connectivity index (χ4n) is 1.33. The maximum atomic E-state index is 10.9. The lowest BCUT2D eigenvalue weighted by Crippen LogP contribution is -1.97. The van der Waals surface area contributed by atoms with Crippen LogP contribution in [0.5, 0.6) is 11.5 Å². The number of aromatic carboxylic acids is 1. The fraction of sp³-hybridized carbons (Fsp3) is 0. The zero-order valence-corrected chi connectivity index (χ0v) is 12.1. The van der Waals surface area contributed by atoms with E-state index in [0.717, 1.165) is 4.47 Å². The summed E-state index contributed by atoms with van der Waals surface area (Å²) in [4.78, 5) is 14.9. The number of pyridine rings is 1. The second kappa shape index (κ2) is 5.49. The standard InChI is InChI=1S/C12H7Br2NO3/c13-8-1-7(12(16)17)2-10(3-8)18-11-4-9(14)5-15-6-11/h1-6H,(H,16,17). The zero-order chi connectivity index (χ0) is 13.1. The van der Waals surface area contributed by atoms with Gasteiger partial charge in [-0.1, -0.05) is 15.9 Å². The summed E-state index contributed by atoms with van der Waals surface area (Å²) in [6.07, 6.45) is 3.18. The maximum absolute atomic E-state index is 10.9. The van der Waals surface area contributed by atoms with Gasteiger partial charge in [0.15, 0.2) is 0 Å². The highest BCUT2D eigenvalue weighted by Gasteiger charge is 2.07. The van der Waals surface area contributed by atoms with E-state index in [2.05, 4.69) is 36.8 Å². The molecule has 0 saturated heterocycles. The highest BCUT2D eigenvalue weighted by atomic mass is 79.9. The fourth-order valence-corrected chi connectivity index (χ4v) is 2.15. The number of benzene rings is 1. The number of carboxylic acid groups (broad SMARTS) is 1. The average Bonchev–Trinajstić information content (AvgIpc) is 2.28. The van der Waals surface area contributed by atoms with Crippen molar-refractivity contribution < 1.29 is 14.6 Å². The van der Waals surface area contributed by atoms with E-state index in [1.807, 2.05) is 0 Å². The van der Waals surface area contributed by atoms with Crippen molar-refractivity contribution in [1.29, 1.82) is 0 Å². The zero-order valence-electron chi connectivity index (χ0n) is 8.93. The number of nitrogens with zero attached hydrogens (tertiary/aromatic N) is 1. The molecular weight excluding hydrogens is 366 g/mol. The molecule has 0 atom stereocenters. The quantitative estimate of drug-likeness (QED) is 0.881. The van der Waals surface area contributed by atoms with Gasteiger partial charge in [0.05, 0.1) is 11.8 Å². The number of halogens is 2. The molecule has 18 heavy (non-hydrogen) atoms. The molecule has 0 bridgehead atoms. The molecule has 0 fully saturated rings. The third kappa shape index (κ3) is 3.30. The van der Waals surface area contributed by atoms with Crippen molar-refractivity contribution in [3.63, 3.8) is 0 Å². The highest BCUT2D eigenvalue weighted by molar-refractivity contribution is 9.10. The molecule has 2 rings (SSSR count). The van der Waals surface area contributed by atoms with Crippen LogP contribution in [0, 0.1) is 0 Å². The Labute approximate surface area is 120 Å². The van der Waals surface area contributed by atoms with E-state index in [0.29, 0.717) is 16.0 Å². The molecule has 0 unspecified atom stereocenters. The van der Waals surface area contributed by atoms with Gasteiger partial charge in [0.25, 0.3) is 0 Å². The molecule has 4 nitrogen and oxygen atoms in total. The SMILES string of the molecule is O=C(O)c1cc(Br)cc(Oc2cncc(Br)c2)c1. The number of hydrogen-bond acceptors (Lipinski definition) is 3. The number of carbonyl (C=O) groups is 1. The monoisotopic (exact) mass is 371 g/mol. The van der Waals surface area contributed by atoms with E-state index in [1.165, 1.54) is 12.1 Å². The van der Waals surface area contributed by atoms with Gasteiger partial charge >= 0.3 is 5.97 Å². The molecule has 92 valence electrons. The predicted molar refractivity (Wildman–Crippen MR) is 73.1 cm³/mol. The van der Waals surface area contributed by atoms with Crippen molar-refractivity contribution in [3.05, 3.63) is 51.2 Å². The number of aromatic nitrogens is 1. The molecule has 2 aromatic rings. The van der Waals surface area contributed by atoms with Crippen LogP contribution in [-0.2, 0) is 0 Å². The normalized spacial score (nSPS) is 10.1. The van der Waals surface area contributed by atoms with Crippen LogP contribution in [0.2, 0.25) is 0 Å². The van der Waals surface area contributed by atoms with Gasteiger partial charge in [-0.15, -0.1) is 0 Å². The Bertz CT molecular complexity index is 602. The summed E-state index contributed by atoms with van der Waals surface area (Å²) < 4.78 is 6.97. The lowest BCUT2D eigenvalue weighted by atomic mass is 10.2. The van der Waals surface area contributed by atoms with Crippen molar-refractivity contribution >= 4 is 37.8 Å². The minimum absolute atomic E-state index is 0.155. The van der Waals surface area contributed by atoms with E-state index in [1.54, 1.807) is 24.5 Å². The van der Waals surface area contributed by atoms with Crippen molar-refractivity contribution in [2.45, 2.75) is 0 Å². The molecule has 0 radical (unpaired) electrons. The molecule has 1 N–H and O–H groups in total. The maximum Gasteiger partial charge on any atom is 0.335 e. The lowest BCUT2D eigenvalue weighted by molar-refractivity contribution is 0.0696. The number of ether oxygens (including phenoxy) is 1. The third-order valence-electron chi connectivity index (χ3n) is 2.03. The molecule has 1 aromatic heterocycles. The first-order valence-corrected chi connectivity index (χ1v) is 6.45. The first-order valence-electron chi connectivity index (χ1n) is 4.87. The Hall–Kier alpha value is -1.40. The van der Waals surface area contributed by atoms with E-state index in [4.69, 9.17) is 9.84 Å². The molecule has 0 aliphatic carbocycles. The molecule has 0 saturated carbocycles. The molecule has 6 heteroatoms. The van der Waals surface area contributed by atoms with Crippen LogP contribution in [0.15, 0.2) is 45.6 Å². The van der Waals surface area contributed by atoms with Crippen LogP contribution >= 0.6 is 31.9 Å². The summed E-state index contributed by atoms with van der Waals surface area (Å²) in [5.41, 5.74) is 0.155. The smallest absolute Gasteiger partial charge is 0.335 e. The molecule has 0 spiro atoms. The number of carboxylic acids is 1. The summed E-state index contributed by atoms with van der Waals surface area (Å²) >= 11 is 6.52. The Morgan fingerprint density at radius 3 is 2.44 bits per heavy atom. The van der Waals surface area contributed by atoms with Crippen molar-refractivity contribution in [2.75, 3.05) is 0 Å².